The van der Waals surface area contributed by atoms with Crippen LogP contribution in [-0.4, -0.2) is 37.1 Å². The van der Waals surface area contributed by atoms with Crippen LogP contribution in [0.4, 0.5) is 0 Å². The zero-order valence-electron chi connectivity index (χ0n) is 13.5. The lowest BCUT2D eigenvalue weighted by Crippen LogP contribution is -2.25. The van der Waals surface area contributed by atoms with Gasteiger partial charge < -0.3 is 9.64 Å². The van der Waals surface area contributed by atoms with E-state index in [2.05, 4.69) is 18.7 Å². The van der Waals surface area contributed by atoms with E-state index in [1.807, 2.05) is 32.9 Å². The van der Waals surface area contributed by atoms with Gasteiger partial charge in [-0.2, -0.15) is 0 Å². The van der Waals surface area contributed by atoms with Crippen LogP contribution in [0.2, 0.25) is 0 Å². The van der Waals surface area contributed by atoms with E-state index >= 15 is 0 Å². The lowest BCUT2D eigenvalue weighted by atomic mass is 10.00. The van der Waals surface area contributed by atoms with Gasteiger partial charge in [-0.25, -0.2) is 4.79 Å². The summed E-state index contributed by atoms with van der Waals surface area (Å²) in [6.45, 7) is 13.8. The highest BCUT2D eigenvalue weighted by Crippen LogP contribution is 2.17. The number of aryl methyl sites for hydroxylation is 3. The second-order valence-corrected chi connectivity index (χ2v) is 5.29. The number of hydrogen-bond acceptors (Lipinski definition) is 3. The van der Waals surface area contributed by atoms with Gasteiger partial charge in [-0.05, 0) is 51.4 Å². The zero-order chi connectivity index (χ0) is 15.1. The van der Waals surface area contributed by atoms with Crippen LogP contribution < -0.4 is 0 Å². The number of hydrogen-bond donors (Lipinski definition) is 0. The quantitative estimate of drug-likeness (QED) is 0.564. The number of ether oxygens (including phenoxy) is 1. The topological polar surface area (TPSA) is 29.5 Å². The van der Waals surface area contributed by atoms with Crippen molar-refractivity contribution >= 4 is 5.97 Å². The molecule has 0 saturated carbocycles. The van der Waals surface area contributed by atoms with Crippen LogP contribution in [-0.2, 0) is 4.74 Å². The van der Waals surface area contributed by atoms with Crippen molar-refractivity contribution in [2.75, 3.05) is 26.2 Å². The van der Waals surface area contributed by atoms with Crippen molar-refractivity contribution in [3.8, 4) is 0 Å². The third-order valence-electron chi connectivity index (χ3n) is 3.63. The van der Waals surface area contributed by atoms with Gasteiger partial charge in [-0.15, -0.1) is 0 Å². The molecule has 112 valence electrons. The van der Waals surface area contributed by atoms with Crippen LogP contribution in [0.3, 0.4) is 0 Å². The summed E-state index contributed by atoms with van der Waals surface area (Å²) >= 11 is 0. The van der Waals surface area contributed by atoms with E-state index in [4.69, 9.17) is 4.74 Å². The van der Waals surface area contributed by atoms with Crippen LogP contribution in [0.25, 0.3) is 0 Å². The summed E-state index contributed by atoms with van der Waals surface area (Å²) in [6, 6.07) is 4.05. The highest BCUT2D eigenvalue weighted by Gasteiger charge is 2.14. The van der Waals surface area contributed by atoms with Crippen LogP contribution in [0.5, 0.6) is 0 Å². The minimum absolute atomic E-state index is 0.195. The molecule has 0 heterocycles. The molecule has 0 unspecified atom stereocenters. The van der Waals surface area contributed by atoms with Gasteiger partial charge in [0.05, 0.1) is 12.2 Å². The third kappa shape index (κ3) is 4.64. The molecule has 0 atom stereocenters. The molecular weight excluding hydrogens is 250 g/mol. The Bertz CT molecular complexity index is 427. The summed E-state index contributed by atoms with van der Waals surface area (Å²) in [5.74, 6) is -0.195. The zero-order valence-corrected chi connectivity index (χ0v) is 13.5. The SMILES string of the molecule is CCN(CC)CCCOC(=O)c1c(C)cc(C)cc1C. The minimum Gasteiger partial charge on any atom is -0.462 e. The predicted molar refractivity (Wildman–Crippen MR) is 83.3 cm³/mol. The van der Waals surface area contributed by atoms with E-state index in [9.17, 15) is 4.79 Å². The summed E-state index contributed by atoms with van der Waals surface area (Å²) in [6.07, 6.45) is 0.886. The van der Waals surface area contributed by atoms with Gasteiger partial charge in [-0.3, -0.25) is 0 Å². The average Bonchev–Trinajstić information content (AvgIpc) is 2.37. The van der Waals surface area contributed by atoms with E-state index < -0.39 is 0 Å². The van der Waals surface area contributed by atoms with Gasteiger partial charge in [0.2, 0.25) is 0 Å². The molecular formula is C17H27NO2. The molecule has 0 bridgehead atoms. The van der Waals surface area contributed by atoms with Crippen molar-refractivity contribution in [3.05, 3.63) is 34.4 Å². The standard InChI is InChI=1S/C17H27NO2/c1-6-18(7-2)9-8-10-20-17(19)16-14(4)11-13(3)12-15(16)5/h11-12H,6-10H2,1-5H3. The Morgan fingerprint density at radius 1 is 1.10 bits per heavy atom. The summed E-state index contributed by atoms with van der Waals surface area (Å²) in [4.78, 5) is 14.5. The molecule has 1 rings (SSSR count). The van der Waals surface area contributed by atoms with Gasteiger partial charge in [0, 0.05) is 6.54 Å². The molecule has 0 aliphatic heterocycles. The van der Waals surface area contributed by atoms with E-state index in [1.54, 1.807) is 0 Å². The number of esters is 1. The summed E-state index contributed by atoms with van der Waals surface area (Å²) in [5, 5.41) is 0. The molecule has 0 radical (unpaired) electrons. The summed E-state index contributed by atoms with van der Waals surface area (Å²) < 4.78 is 5.40. The number of nitrogens with zero attached hydrogens (tertiary/aromatic N) is 1. The molecule has 0 N–H and O–H groups in total. The molecule has 0 spiro atoms. The maximum absolute atomic E-state index is 12.1. The van der Waals surface area contributed by atoms with Crippen LogP contribution >= 0.6 is 0 Å². The fraction of sp³-hybridized carbons (Fsp3) is 0.588. The normalized spacial score (nSPS) is 10.9. The number of carbonyl (C=O) groups is 1. The highest BCUT2D eigenvalue weighted by molar-refractivity contribution is 5.92. The predicted octanol–water partition coefficient (Wildman–Crippen LogP) is 3.50. The number of benzene rings is 1. The molecule has 0 amide bonds. The van der Waals surface area contributed by atoms with E-state index in [0.717, 1.165) is 42.7 Å². The maximum atomic E-state index is 12.1. The highest BCUT2D eigenvalue weighted by atomic mass is 16.5. The van der Waals surface area contributed by atoms with Crippen molar-refractivity contribution in [2.45, 2.75) is 41.0 Å². The van der Waals surface area contributed by atoms with Gasteiger partial charge in [0.1, 0.15) is 0 Å². The Kier molecular flexibility index (Phi) is 6.73. The largest absolute Gasteiger partial charge is 0.462 e. The van der Waals surface area contributed by atoms with E-state index in [0.29, 0.717) is 6.61 Å². The Labute approximate surface area is 122 Å². The van der Waals surface area contributed by atoms with Crippen LogP contribution in [0, 0.1) is 20.8 Å². The third-order valence-corrected chi connectivity index (χ3v) is 3.63. The maximum Gasteiger partial charge on any atom is 0.338 e. The van der Waals surface area contributed by atoms with Crippen molar-refractivity contribution in [1.82, 2.24) is 4.90 Å². The summed E-state index contributed by atoms with van der Waals surface area (Å²) in [7, 11) is 0. The molecule has 20 heavy (non-hydrogen) atoms. The molecule has 0 aliphatic carbocycles. The first-order chi connectivity index (χ1) is 9.49. The van der Waals surface area contributed by atoms with Crippen molar-refractivity contribution in [3.63, 3.8) is 0 Å². The first kappa shape index (κ1) is 16.7. The van der Waals surface area contributed by atoms with Crippen LogP contribution in [0.1, 0.15) is 47.3 Å². The molecule has 3 heteroatoms. The Hall–Kier alpha value is -1.35. The lowest BCUT2D eigenvalue weighted by molar-refractivity contribution is 0.0488. The van der Waals surface area contributed by atoms with Crippen LogP contribution in [0.15, 0.2) is 12.1 Å². The monoisotopic (exact) mass is 277 g/mol. The van der Waals surface area contributed by atoms with Gasteiger partial charge >= 0.3 is 5.97 Å². The fourth-order valence-corrected chi connectivity index (χ4v) is 2.57. The molecule has 3 nitrogen and oxygen atoms in total. The van der Waals surface area contributed by atoms with Gasteiger partial charge in [0.15, 0.2) is 0 Å². The number of rotatable bonds is 7. The second kappa shape index (κ2) is 8.05. The molecule has 0 aromatic heterocycles. The number of carbonyl (C=O) groups excluding carboxylic acids is 1. The lowest BCUT2D eigenvalue weighted by Gasteiger charge is -2.17. The Balaban J connectivity index is 2.52. The smallest absolute Gasteiger partial charge is 0.338 e. The average molecular weight is 277 g/mol. The van der Waals surface area contributed by atoms with Crippen molar-refractivity contribution in [1.29, 1.82) is 0 Å². The minimum atomic E-state index is -0.195. The molecule has 0 fully saturated rings. The van der Waals surface area contributed by atoms with E-state index in [1.165, 1.54) is 5.56 Å². The van der Waals surface area contributed by atoms with Gasteiger partial charge in [-0.1, -0.05) is 31.5 Å². The van der Waals surface area contributed by atoms with Gasteiger partial charge in [0.25, 0.3) is 0 Å². The summed E-state index contributed by atoms with van der Waals surface area (Å²) in [5.41, 5.74) is 3.89. The molecule has 0 aliphatic rings. The fourth-order valence-electron chi connectivity index (χ4n) is 2.57. The molecule has 1 aromatic carbocycles. The Morgan fingerprint density at radius 3 is 2.15 bits per heavy atom. The first-order valence-corrected chi connectivity index (χ1v) is 7.46. The Morgan fingerprint density at radius 2 is 1.65 bits per heavy atom. The molecule has 1 aromatic rings. The van der Waals surface area contributed by atoms with Crippen molar-refractivity contribution in [2.24, 2.45) is 0 Å². The van der Waals surface area contributed by atoms with Crippen molar-refractivity contribution < 1.29 is 9.53 Å². The first-order valence-electron chi connectivity index (χ1n) is 7.46. The second-order valence-electron chi connectivity index (χ2n) is 5.29. The van der Waals surface area contributed by atoms with E-state index in [-0.39, 0.29) is 5.97 Å². The molecule has 0 saturated heterocycles.